The highest BCUT2D eigenvalue weighted by molar-refractivity contribution is 6.31. The molecule has 2 rings (SSSR count). The minimum atomic E-state index is 0.394. The molecule has 0 unspecified atom stereocenters. The number of anilines is 1. The standard InChI is InChI=1S/C13H19ClN2O/c1-8-3-13(17-2)12(6-11(8)14)16-7-9-4-10(15)5-9/h3,6,9-10,16H,4-5,7,15H2,1-2H3. The van der Waals surface area contributed by atoms with E-state index >= 15 is 0 Å². The van der Waals surface area contributed by atoms with Crippen molar-refractivity contribution in [1.82, 2.24) is 0 Å². The Hall–Kier alpha value is -0.930. The molecule has 1 saturated carbocycles. The fraction of sp³-hybridized carbons (Fsp3) is 0.538. The monoisotopic (exact) mass is 254 g/mol. The number of methoxy groups -OCH3 is 1. The van der Waals surface area contributed by atoms with Gasteiger partial charge in [0, 0.05) is 17.6 Å². The molecule has 1 aromatic rings. The number of nitrogens with two attached hydrogens (primary N) is 1. The second-order valence-electron chi connectivity index (χ2n) is 4.78. The van der Waals surface area contributed by atoms with E-state index in [1.165, 1.54) is 0 Å². The molecule has 1 aliphatic rings. The van der Waals surface area contributed by atoms with Gasteiger partial charge >= 0.3 is 0 Å². The maximum Gasteiger partial charge on any atom is 0.142 e. The average Bonchev–Trinajstić information content (AvgIpc) is 2.27. The number of hydrogen-bond donors (Lipinski definition) is 2. The average molecular weight is 255 g/mol. The lowest BCUT2D eigenvalue weighted by Crippen LogP contribution is -2.39. The number of halogens is 1. The summed E-state index contributed by atoms with van der Waals surface area (Å²) in [5.41, 5.74) is 7.75. The van der Waals surface area contributed by atoms with Crippen molar-refractivity contribution in [3.8, 4) is 5.75 Å². The minimum absolute atomic E-state index is 0.394. The Morgan fingerprint density at radius 3 is 2.76 bits per heavy atom. The smallest absolute Gasteiger partial charge is 0.142 e. The number of benzene rings is 1. The molecule has 94 valence electrons. The first-order valence-electron chi connectivity index (χ1n) is 5.93. The van der Waals surface area contributed by atoms with Crippen LogP contribution in [0.2, 0.25) is 5.02 Å². The lowest BCUT2D eigenvalue weighted by Gasteiger charge is -2.32. The number of ether oxygens (including phenoxy) is 1. The third-order valence-electron chi connectivity index (χ3n) is 3.33. The fourth-order valence-electron chi connectivity index (χ4n) is 2.17. The van der Waals surface area contributed by atoms with E-state index in [1.807, 2.05) is 19.1 Å². The van der Waals surface area contributed by atoms with Gasteiger partial charge in [0.2, 0.25) is 0 Å². The molecule has 1 aromatic carbocycles. The van der Waals surface area contributed by atoms with Gasteiger partial charge in [0.25, 0.3) is 0 Å². The van der Waals surface area contributed by atoms with Gasteiger partial charge in [0.1, 0.15) is 5.75 Å². The summed E-state index contributed by atoms with van der Waals surface area (Å²) < 4.78 is 5.34. The van der Waals surface area contributed by atoms with E-state index in [1.54, 1.807) is 7.11 Å². The Balaban J connectivity index is 2.01. The van der Waals surface area contributed by atoms with Crippen molar-refractivity contribution in [3.63, 3.8) is 0 Å². The van der Waals surface area contributed by atoms with Crippen molar-refractivity contribution in [2.24, 2.45) is 11.7 Å². The van der Waals surface area contributed by atoms with Crippen LogP contribution >= 0.6 is 11.6 Å². The largest absolute Gasteiger partial charge is 0.495 e. The van der Waals surface area contributed by atoms with Gasteiger partial charge in [0.15, 0.2) is 0 Å². The van der Waals surface area contributed by atoms with Gasteiger partial charge in [0.05, 0.1) is 12.8 Å². The Morgan fingerprint density at radius 2 is 2.18 bits per heavy atom. The third kappa shape index (κ3) is 2.85. The van der Waals surface area contributed by atoms with Crippen LogP contribution in [-0.2, 0) is 0 Å². The van der Waals surface area contributed by atoms with Crippen LogP contribution in [0.25, 0.3) is 0 Å². The van der Waals surface area contributed by atoms with Gasteiger partial charge in [-0.2, -0.15) is 0 Å². The Kier molecular flexibility index (Phi) is 3.79. The molecule has 3 N–H and O–H groups in total. The van der Waals surface area contributed by atoms with E-state index in [-0.39, 0.29) is 0 Å². The topological polar surface area (TPSA) is 47.3 Å². The molecule has 0 saturated heterocycles. The molecule has 0 aromatic heterocycles. The molecular weight excluding hydrogens is 236 g/mol. The van der Waals surface area contributed by atoms with Gasteiger partial charge < -0.3 is 15.8 Å². The van der Waals surface area contributed by atoms with Crippen LogP contribution in [0.5, 0.6) is 5.75 Å². The van der Waals surface area contributed by atoms with Crippen LogP contribution in [0.3, 0.4) is 0 Å². The molecule has 0 atom stereocenters. The van der Waals surface area contributed by atoms with E-state index in [0.29, 0.717) is 12.0 Å². The third-order valence-corrected chi connectivity index (χ3v) is 3.74. The molecule has 1 fully saturated rings. The Bertz CT molecular complexity index is 403. The zero-order valence-electron chi connectivity index (χ0n) is 10.3. The molecular formula is C13H19ClN2O. The van der Waals surface area contributed by atoms with Gasteiger partial charge in [-0.15, -0.1) is 0 Å². The zero-order valence-corrected chi connectivity index (χ0v) is 11.1. The highest BCUT2D eigenvalue weighted by Gasteiger charge is 2.25. The number of hydrogen-bond acceptors (Lipinski definition) is 3. The normalized spacial score (nSPS) is 23.1. The lowest BCUT2D eigenvalue weighted by atomic mass is 9.81. The van der Waals surface area contributed by atoms with Crippen molar-refractivity contribution >= 4 is 17.3 Å². The molecule has 1 aliphatic carbocycles. The summed E-state index contributed by atoms with van der Waals surface area (Å²) in [6.07, 6.45) is 2.21. The molecule has 4 heteroatoms. The Morgan fingerprint density at radius 1 is 1.47 bits per heavy atom. The Labute approximate surface area is 107 Å². The highest BCUT2D eigenvalue weighted by Crippen LogP contribution is 2.32. The molecule has 0 radical (unpaired) electrons. The summed E-state index contributed by atoms with van der Waals surface area (Å²) in [5, 5.41) is 4.15. The lowest BCUT2D eigenvalue weighted by molar-refractivity contribution is 0.280. The summed E-state index contributed by atoms with van der Waals surface area (Å²) in [7, 11) is 1.67. The molecule has 0 bridgehead atoms. The van der Waals surface area contributed by atoms with E-state index in [4.69, 9.17) is 22.1 Å². The predicted octanol–water partition coefficient (Wildman–Crippen LogP) is 2.81. The molecule has 0 amide bonds. The summed E-state index contributed by atoms with van der Waals surface area (Å²) >= 11 is 6.11. The van der Waals surface area contributed by atoms with Crippen molar-refractivity contribution in [1.29, 1.82) is 0 Å². The summed E-state index contributed by atoms with van der Waals surface area (Å²) in [6, 6.07) is 4.27. The van der Waals surface area contributed by atoms with Crippen molar-refractivity contribution in [2.75, 3.05) is 19.0 Å². The second kappa shape index (κ2) is 5.15. The summed E-state index contributed by atoms with van der Waals surface area (Å²) in [6.45, 7) is 2.91. The van der Waals surface area contributed by atoms with Crippen molar-refractivity contribution in [3.05, 3.63) is 22.7 Å². The fourth-order valence-corrected chi connectivity index (χ4v) is 2.33. The summed E-state index contributed by atoms with van der Waals surface area (Å²) in [5.74, 6) is 1.52. The molecule has 3 nitrogen and oxygen atoms in total. The second-order valence-corrected chi connectivity index (χ2v) is 5.19. The highest BCUT2D eigenvalue weighted by atomic mass is 35.5. The first kappa shape index (κ1) is 12.5. The van der Waals surface area contributed by atoms with Crippen molar-refractivity contribution < 1.29 is 4.74 Å². The first-order chi connectivity index (χ1) is 8.10. The minimum Gasteiger partial charge on any atom is -0.495 e. The molecule has 0 spiro atoms. The van der Waals surface area contributed by atoms with Crippen LogP contribution in [0, 0.1) is 12.8 Å². The zero-order chi connectivity index (χ0) is 12.4. The molecule has 17 heavy (non-hydrogen) atoms. The quantitative estimate of drug-likeness (QED) is 0.869. The van der Waals surface area contributed by atoms with Gasteiger partial charge in [-0.1, -0.05) is 11.6 Å². The predicted molar refractivity (Wildman–Crippen MR) is 71.9 cm³/mol. The summed E-state index contributed by atoms with van der Waals surface area (Å²) in [4.78, 5) is 0. The maximum absolute atomic E-state index is 6.11. The van der Waals surface area contributed by atoms with Crippen LogP contribution in [0.15, 0.2) is 12.1 Å². The van der Waals surface area contributed by atoms with Crippen LogP contribution in [0.1, 0.15) is 18.4 Å². The van der Waals surface area contributed by atoms with Crippen LogP contribution in [-0.4, -0.2) is 19.7 Å². The van der Waals surface area contributed by atoms with Gasteiger partial charge in [-0.25, -0.2) is 0 Å². The van der Waals surface area contributed by atoms with Crippen LogP contribution < -0.4 is 15.8 Å². The van der Waals surface area contributed by atoms with Crippen molar-refractivity contribution in [2.45, 2.75) is 25.8 Å². The number of aryl methyl sites for hydroxylation is 1. The van der Waals surface area contributed by atoms with Gasteiger partial charge in [-0.05, 0) is 43.4 Å². The SMILES string of the molecule is COc1cc(C)c(Cl)cc1NCC1CC(N)C1. The molecule has 0 heterocycles. The van der Waals surface area contributed by atoms with E-state index < -0.39 is 0 Å². The van der Waals surface area contributed by atoms with Gasteiger partial charge in [-0.3, -0.25) is 0 Å². The number of rotatable bonds is 4. The molecule has 0 aliphatic heterocycles. The maximum atomic E-state index is 6.11. The first-order valence-corrected chi connectivity index (χ1v) is 6.31. The van der Waals surface area contributed by atoms with E-state index in [9.17, 15) is 0 Å². The van der Waals surface area contributed by atoms with E-state index in [0.717, 1.165) is 41.4 Å². The van der Waals surface area contributed by atoms with Crippen LogP contribution in [0.4, 0.5) is 5.69 Å². The number of nitrogens with one attached hydrogen (secondary N) is 1. The van der Waals surface area contributed by atoms with E-state index in [2.05, 4.69) is 5.32 Å².